The van der Waals surface area contributed by atoms with Gasteiger partial charge in [0.1, 0.15) is 0 Å². The molecule has 2 atom stereocenters. The molecule has 0 saturated carbocycles. The fourth-order valence-electron chi connectivity index (χ4n) is 1.69. The monoisotopic (exact) mass is 302 g/mol. The van der Waals surface area contributed by atoms with Crippen LogP contribution in [0.15, 0.2) is 30.3 Å². The van der Waals surface area contributed by atoms with Crippen LogP contribution >= 0.6 is 7.60 Å². The van der Waals surface area contributed by atoms with E-state index >= 15 is 0 Å². The maximum absolute atomic E-state index is 12.4. The fraction of sp³-hybridized carbons (Fsp3) is 0.571. The third kappa shape index (κ3) is 5.00. The average Bonchev–Trinajstić information content (AvgIpc) is 2.45. The summed E-state index contributed by atoms with van der Waals surface area (Å²) >= 11 is 0. The van der Waals surface area contributed by atoms with E-state index in [4.69, 9.17) is 13.8 Å². The highest BCUT2D eigenvalue weighted by molar-refractivity contribution is 7.54. The Kier molecular flexibility index (Phi) is 7.41. The summed E-state index contributed by atoms with van der Waals surface area (Å²) in [5.41, 5.74) is 0.981. The number of hydrogen-bond acceptors (Lipinski definition) is 5. The van der Waals surface area contributed by atoms with E-state index in [1.54, 1.807) is 20.8 Å². The van der Waals surface area contributed by atoms with Crippen LogP contribution in [0.5, 0.6) is 0 Å². The Balaban J connectivity index is 2.60. The van der Waals surface area contributed by atoms with Gasteiger partial charge < -0.3 is 18.9 Å². The van der Waals surface area contributed by atoms with Crippen LogP contribution in [-0.2, 0) is 25.0 Å². The molecule has 0 aromatic heterocycles. The number of rotatable bonds is 9. The van der Waals surface area contributed by atoms with E-state index < -0.39 is 19.5 Å². The summed E-state index contributed by atoms with van der Waals surface area (Å²) in [6, 6.07) is 9.57. The summed E-state index contributed by atoms with van der Waals surface area (Å²) in [5, 5.41) is 10.1. The first-order valence-electron chi connectivity index (χ1n) is 6.75. The van der Waals surface area contributed by atoms with Crippen LogP contribution in [0.4, 0.5) is 0 Å². The molecule has 0 aliphatic rings. The van der Waals surface area contributed by atoms with Gasteiger partial charge in [-0.2, -0.15) is 0 Å². The minimum Gasteiger partial charge on any atom is -0.378 e. The third-order valence-electron chi connectivity index (χ3n) is 2.72. The summed E-state index contributed by atoms with van der Waals surface area (Å²) in [5.74, 6) is -1.30. The molecule has 0 aliphatic heterocycles. The number of aliphatic hydroxyl groups excluding tert-OH is 1. The molecular formula is C14H23O5P. The van der Waals surface area contributed by atoms with Crippen LogP contribution in [0.2, 0.25) is 0 Å². The Morgan fingerprint density at radius 3 is 2.20 bits per heavy atom. The van der Waals surface area contributed by atoms with Crippen molar-refractivity contribution in [1.82, 2.24) is 0 Å². The lowest BCUT2D eigenvalue weighted by Crippen LogP contribution is -2.28. The average molecular weight is 302 g/mol. The zero-order chi connectivity index (χ0) is 15.0. The zero-order valence-electron chi connectivity index (χ0n) is 12.2. The van der Waals surface area contributed by atoms with Crippen molar-refractivity contribution in [3.05, 3.63) is 35.9 Å². The molecule has 6 heteroatoms. The topological polar surface area (TPSA) is 65.0 Å². The van der Waals surface area contributed by atoms with Gasteiger partial charge in [-0.1, -0.05) is 30.3 Å². The van der Waals surface area contributed by atoms with Gasteiger partial charge in [-0.05, 0) is 26.3 Å². The van der Waals surface area contributed by atoms with Crippen LogP contribution in [0.1, 0.15) is 26.3 Å². The molecule has 5 nitrogen and oxygen atoms in total. The van der Waals surface area contributed by atoms with Crippen molar-refractivity contribution in [3.63, 3.8) is 0 Å². The number of hydrogen-bond donors (Lipinski definition) is 1. The Bertz CT molecular complexity index is 413. The predicted octanol–water partition coefficient (Wildman–Crippen LogP) is 3.18. The van der Waals surface area contributed by atoms with Gasteiger partial charge in [-0.15, -0.1) is 0 Å². The molecule has 0 aliphatic carbocycles. The second kappa shape index (κ2) is 8.55. The third-order valence-corrected chi connectivity index (χ3v) is 5.02. The second-order valence-electron chi connectivity index (χ2n) is 4.29. The van der Waals surface area contributed by atoms with Gasteiger partial charge in [-0.25, -0.2) is 0 Å². The first-order chi connectivity index (χ1) is 9.53. The van der Waals surface area contributed by atoms with Crippen molar-refractivity contribution in [2.75, 3.05) is 13.2 Å². The molecule has 0 fully saturated rings. The lowest BCUT2D eigenvalue weighted by molar-refractivity contribution is -0.0160. The maximum atomic E-state index is 12.4. The Labute approximate surface area is 120 Å². The van der Waals surface area contributed by atoms with Gasteiger partial charge in [0.15, 0.2) is 5.85 Å². The standard InChI is InChI=1S/C14H23O5P/c1-4-18-20(16,19-5-2)14(15)12(3)17-11-13-9-7-6-8-10-13/h6-10,12,14-15H,4-5,11H2,1-3H3/t12-,14-/m0/s1. The largest absolute Gasteiger partial charge is 0.378 e. The predicted molar refractivity (Wildman–Crippen MR) is 77.6 cm³/mol. The first-order valence-corrected chi connectivity index (χ1v) is 8.37. The molecule has 0 saturated heterocycles. The van der Waals surface area contributed by atoms with E-state index in [0.717, 1.165) is 5.56 Å². The first kappa shape index (κ1) is 17.3. The highest BCUT2D eigenvalue weighted by atomic mass is 31.2. The molecule has 0 unspecified atom stereocenters. The molecule has 0 amide bonds. The van der Waals surface area contributed by atoms with Gasteiger partial charge in [0.2, 0.25) is 0 Å². The molecular weight excluding hydrogens is 279 g/mol. The van der Waals surface area contributed by atoms with Gasteiger partial charge in [0.25, 0.3) is 0 Å². The van der Waals surface area contributed by atoms with Crippen molar-refractivity contribution < 1.29 is 23.5 Å². The lowest BCUT2D eigenvalue weighted by atomic mass is 10.2. The molecule has 0 heterocycles. The van der Waals surface area contributed by atoms with Crippen molar-refractivity contribution >= 4 is 7.60 Å². The van der Waals surface area contributed by atoms with Gasteiger partial charge >= 0.3 is 7.60 Å². The molecule has 0 spiro atoms. The SMILES string of the molecule is CCOP(=O)(OCC)[C@H](O)[C@H](C)OCc1ccccc1. The van der Waals surface area contributed by atoms with Crippen molar-refractivity contribution in [1.29, 1.82) is 0 Å². The summed E-state index contributed by atoms with van der Waals surface area (Å²) in [4.78, 5) is 0. The van der Waals surface area contributed by atoms with E-state index in [0.29, 0.717) is 6.61 Å². The number of aliphatic hydroxyl groups is 1. The Hall–Kier alpha value is -0.710. The van der Waals surface area contributed by atoms with Crippen LogP contribution in [0, 0.1) is 0 Å². The van der Waals surface area contributed by atoms with Crippen molar-refractivity contribution in [2.45, 2.75) is 39.3 Å². The second-order valence-corrected chi connectivity index (χ2v) is 6.42. The van der Waals surface area contributed by atoms with Crippen molar-refractivity contribution in [3.8, 4) is 0 Å². The highest BCUT2D eigenvalue weighted by Crippen LogP contribution is 2.53. The molecule has 114 valence electrons. The van der Waals surface area contributed by atoms with Gasteiger partial charge in [0, 0.05) is 0 Å². The molecule has 0 bridgehead atoms. The van der Waals surface area contributed by atoms with Crippen LogP contribution < -0.4 is 0 Å². The molecule has 1 aromatic rings. The van der Waals surface area contributed by atoms with E-state index in [2.05, 4.69) is 0 Å². The quantitative estimate of drug-likeness (QED) is 0.710. The van der Waals surface area contributed by atoms with Crippen molar-refractivity contribution in [2.24, 2.45) is 0 Å². The number of benzene rings is 1. The Morgan fingerprint density at radius 2 is 1.70 bits per heavy atom. The molecule has 1 N–H and O–H groups in total. The van der Waals surface area contributed by atoms with E-state index in [1.165, 1.54) is 0 Å². The summed E-state index contributed by atoms with van der Waals surface area (Å²) in [6.45, 7) is 5.80. The van der Waals surface area contributed by atoms with Crippen LogP contribution in [0.25, 0.3) is 0 Å². The minimum absolute atomic E-state index is 0.208. The minimum atomic E-state index is -3.56. The molecule has 0 radical (unpaired) electrons. The summed E-state index contributed by atoms with van der Waals surface area (Å²) in [7, 11) is -3.56. The molecule has 1 rings (SSSR count). The van der Waals surface area contributed by atoms with E-state index in [1.807, 2.05) is 30.3 Å². The summed E-state index contributed by atoms with van der Waals surface area (Å²) < 4.78 is 28.2. The molecule has 1 aromatic carbocycles. The van der Waals surface area contributed by atoms with Gasteiger partial charge in [0.05, 0.1) is 25.9 Å². The maximum Gasteiger partial charge on any atom is 0.361 e. The van der Waals surface area contributed by atoms with Crippen LogP contribution in [0.3, 0.4) is 0 Å². The fourth-order valence-corrected chi connectivity index (χ4v) is 3.40. The number of ether oxygens (including phenoxy) is 1. The zero-order valence-corrected chi connectivity index (χ0v) is 13.1. The molecule has 20 heavy (non-hydrogen) atoms. The Morgan fingerprint density at radius 1 is 1.15 bits per heavy atom. The highest BCUT2D eigenvalue weighted by Gasteiger charge is 2.38. The van der Waals surface area contributed by atoms with Crippen LogP contribution in [-0.4, -0.2) is 30.3 Å². The van der Waals surface area contributed by atoms with E-state index in [9.17, 15) is 9.67 Å². The smallest absolute Gasteiger partial charge is 0.361 e. The lowest BCUT2D eigenvalue weighted by Gasteiger charge is -2.26. The summed E-state index contributed by atoms with van der Waals surface area (Å²) in [6.07, 6.45) is -0.654. The van der Waals surface area contributed by atoms with E-state index in [-0.39, 0.29) is 13.2 Å². The van der Waals surface area contributed by atoms with Gasteiger partial charge in [-0.3, -0.25) is 4.57 Å². The normalized spacial score (nSPS) is 15.0.